The number of anilines is 1. The van der Waals surface area contributed by atoms with Crippen molar-refractivity contribution in [2.45, 2.75) is 34.1 Å². The summed E-state index contributed by atoms with van der Waals surface area (Å²) in [5, 5.41) is 5.80. The molecule has 0 aliphatic carbocycles. The topological polar surface area (TPSA) is 109 Å². The zero-order valence-corrected chi connectivity index (χ0v) is 16.7. The molecule has 1 atom stereocenters. The molecule has 0 saturated heterocycles. The zero-order chi connectivity index (χ0) is 20.5. The molecule has 1 aromatic carbocycles. The maximum Gasteiger partial charge on any atom is 0.241 e. The quantitative estimate of drug-likeness (QED) is 0.631. The third kappa shape index (κ3) is 4.13. The predicted molar refractivity (Wildman–Crippen MR) is 111 cm³/mol. The van der Waals surface area contributed by atoms with Crippen molar-refractivity contribution in [2.75, 3.05) is 11.9 Å². The number of nitrogens with two attached hydrogens (primary N) is 1. The van der Waals surface area contributed by atoms with E-state index in [1.54, 1.807) is 6.20 Å². The number of amides is 1. The summed E-state index contributed by atoms with van der Waals surface area (Å²) in [7, 11) is 0. The number of carbonyl (C=O) groups is 2. The highest BCUT2D eigenvalue weighted by Gasteiger charge is 2.35. The molecule has 4 N–H and O–H groups in total. The van der Waals surface area contributed by atoms with Gasteiger partial charge in [0.2, 0.25) is 11.9 Å². The van der Waals surface area contributed by atoms with Crippen molar-refractivity contribution < 1.29 is 9.59 Å². The van der Waals surface area contributed by atoms with Crippen LogP contribution in [0.1, 0.15) is 44.5 Å². The van der Waals surface area contributed by atoms with Gasteiger partial charge in [0.05, 0.1) is 0 Å². The lowest BCUT2D eigenvalue weighted by molar-refractivity contribution is -0.120. The van der Waals surface area contributed by atoms with Crippen LogP contribution in [-0.4, -0.2) is 30.0 Å². The third-order valence-electron chi connectivity index (χ3n) is 4.92. The lowest BCUT2D eigenvalue weighted by atomic mass is 9.78. The van der Waals surface area contributed by atoms with E-state index in [1.807, 2.05) is 38.1 Å². The fourth-order valence-electron chi connectivity index (χ4n) is 3.79. The van der Waals surface area contributed by atoms with Crippen LogP contribution in [0, 0.1) is 17.3 Å². The summed E-state index contributed by atoms with van der Waals surface area (Å²) in [6.45, 7) is 8.70. The fraction of sp³-hybridized carbons (Fsp3) is 0.429. The first-order valence-corrected chi connectivity index (χ1v) is 9.48. The van der Waals surface area contributed by atoms with E-state index in [0.29, 0.717) is 23.9 Å². The Bertz CT molecular complexity index is 879. The minimum absolute atomic E-state index is 0.0725. The van der Waals surface area contributed by atoms with Crippen LogP contribution in [0.2, 0.25) is 0 Å². The van der Waals surface area contributed by atoms with Gasteiger partial charge in [-0.1, -0.05) is 27.7 Å². The average Bonchev–Trinajstić information content (AvgIpc) is 3.01. The van der Waals surface area contributed by atoms with Crippen LogP contribution in [0.3, 0.4) is 0 Å². The average molecular weight is 381 g/mol. The third-order valence-corrected chi connectivity index (χ3v) is 4.92. The number of ketones is 1. The van der Waals surface area contributed by atoms with E-state index in [0.717, 1.165) is 17.7 Å². The molecule has 0 fully saturated rings. The van der Waals surface area contributed by atoms with E-state index in [4.69, 9.17) is 5.73 Å². The number of aliphatic imine (C=N–C) groups is 2. The Labute approximate surface area is 165 Å². The molecule has 3 rings (SSSR count). The summed E-state index contributed by atoms with van der Waals surface area (Å²) in [4.78, 5) is 33.2. The molecular formula is C21H27N5O2. The first-order valence-electron chi connectivity index (χ1n) is 9.48. The summed E-state index contributed by atoms with van der Waals surface area (Å²) in [6.07, 6.45) is 2.50. The van der Waals surface area contributed by atoms with Gasteiger partial charge in [0.1, 0.15) is 11.8 Å². The van der Waals surface area contributed by atoms with Gasteiger partial charge in [0, 0.05) is 29.4 Å². The van der Waals surface area contributed by atoms with Gasteiger partial charge in [-0.2, -0.15) is 4.99 Å². The van der Waals surface area contributed by atoms with Gasteiger partial charge in [-0.15, -0.1) is 0 Å². The molecule has 0 spiro atoms. The Kier molecular flexibility index (Phi) is 5.36. The molecule has 2 heterocycles. The minimum Gasteiger partial charge on any atom is -0.381 e. The van der Waals surface area contributed by atoms with Crippen molar-refractivity contribution in [2.24, 2.45) is 33.0 Å². The molecule has 1 aromatic rings. The van der Waals surface area contributed by atoms with Crippen molar-refractivity contribution in [3.05, 3.63) is 41.6 Å². The Hall–Kier alpha value is -2.96. The van der Waals surface area contributed by atoms with Crippen molar-refractivity contribution in [3.8, 4) is 0 Å². The summed E-state index contributed by atoms with van der Waals surface area (Å²) >= 11 is 0. The number of hydrogen-bond donors (Lipinski definition) is 3. The van der Waals surface area contributed by atoms with Gasteiger partial charge in [-0.25, -0.2) is 4.99 Å². The first kappa shape index (κ1) is 19.8. The SMILES string of the molecule is CC(C)CC(C)(C)C(=O)c1ccc(NCC2=CN=C3N=C(N)NC(=O)C23)cc1. The molecule has 0 saturated carbocycles. The number of amidine groups is 1. The van der Waals surface area contributed by atoms with Gasteiger partial charge in [-0.3, -0.25) is 14.9 Å². The van der Waals surface area contributed by atoms with E-state index in [2.05, 4.69) is 34.5 Å². The molecule has 0 aromatic heterocycles. The molecule has 7 nitrogen and oxygen atoms in total. The van der Waals surface area contributed by atoms with Gasteiger partial charge in [0.25, 0.3) is 0 Å². The molecule has 148 valence electrons. The number of Topliss-reactive ketones (excluding diaryl/α,β-unsaturated/α-hetero) is 1. The molecule has 2 aliphatic rings. The number of benzene rings is 1. The van der Waals surface area contributed by atoms with Crippen LogP contribution in [-0.2, 0) is 4.79 Å². The van der Waals surface area contributed by atoms with Crippen molar-refractivity contribution in [1.29, 1.82) is 0 Å². The molecule has 28 heavy (non-hydrogen) atoms. The lowest BCUT2D eigenvalue weighted by Gasteiger charge is -2.25. The Morgan fingerprint density at radius 2 is 1.96 bits per heavy atom. The highest BCUT2D eigenvalue weighted by atomic mass is 16.2. The maximum atomic E-state index is 12.8. The van der Waals surface area contributed by atoms with Crippen molar-refractivity contribution >= 4 is 29.2 Å². The molecule has 7 heteroatoms. The van der Waals surface area contributed by atoms with E-state index < -0.39 is 5.92 Å². The van der Waals surface area contributed by atoms with Crippen molar-refractivity contribution in [3.63, 3.8) is 0 Å². The Morgan fingerprint density at radius 3 is 2.61 bits per heavy atom. The van der Waals surface area contributed by atoms with E-state index in [1.165, 1.54) is 0 Å². The number of carbonyl (C=O) groups excluding carboxylic acids is 2. The lowest BCUT2D eigenvalue weighted by Crippen LogP contribution is -2.47. The molecular weight excluding hydrogens is 354 g/mol. The second kappa shape index (κ2) is 7.58. The van der Waals surface area contributed by atoms with E-state index in [9.17, 15) is 9.59 Å². The molecule has 1 amide bonds. The number of nitrogens with one attached hydrogen (secondary N) is 2. The van der Waals surface area contributed by atoms with Crippen LogP contribution in [0.15, 0.2) is 46.0 Å². The van der Waals surface area contributed by atoms with Gasteiger partial charge < -0.3 is 11.1 Å². The fourth-order valence-corrected chi connectivity index (χ4v) is 3.79. The number of guanidine groups is 1. The molecule has 0 bridgehead atoms. The van der Waals surface area contributed by atoms with E-state index in [-0.39, 0.29) is 23.1 Å². The van der Waals surface area contributed by atoms with Crippen LogP contribution in [0.25, 0.3) is 0 Å². The number of hydrogen-bond acceptors (Lipinski definition) is 6. The normalized spacial score (nSPS) is 18.8. The highest BCUT2D eigenvalue weighted by molar-refractivity contribution is 6.19. The second-order valence-corrected chi connectivity index (χ2v) is 8.35. The Balaban J connectivity index is 1.62. The smallest absolute Gasteiger partial charge is 0.241 e. The molecule has 0 radical (unpaired) electrons. The number of nitrogens with zero attached hydrogens (tertiary/aromatic N) is 2. The molecule has 1 unspecified atom stereocenters. The number of fused-ring (bicyclic) bond motifs is 1. The second-order valence-electron chi connectivity index (χ2n) is 8.35. The first-order chi connectivity index (χ1) is 13.2. The Morgan fingerprint density at radius 1 is 1.29 bits per heavy atom. The monoisotopic (exact) mass is 381 g/mol. The van der Waals surface area contributed by atoms with Gasteiger partial charge in [0.15, 0.2) is 5.78 Å². The van der Waals surface area contributed by atoms with Gasteiger partial charge >= 0.3 is 0 Å². The highest BCUT2D eigenvalue weighted by Crippen LogP contribution is 2.30. The van der Waals surface area contributed by atoms with Crippen molar-refractivity contribution in [1.82, 2.24) is 5.32 Å². The predicted octanol–water partition coefficient (Wildman–Crippen LogP) is 2.71. The zero-order valence-electron chi connectivity index (χ0n) is 16.7. The maximum absolute atomic E-state index is 12.8. The summed E-state index contributed by atoms with van der Waals surface area (Å²) in [5.41, 5.74) is 7.57. The standard InChI is InChI=1S/C21H27N5O2/c1-12(2)9-21(3,4)17(27)13-5-7-15(8-6-13)23-10-14-11-24-18-16(14)19(28)26-20(22)25-18/h5-8,11-12,16,23H,9-10H2,1-4H3,(H3,22,24,25,26,28). The minimum atomic E-state index is -0.502. The summed E-state index contributed by atoms with van der Waals surface area (Å²) in [5.74, 6) is 0.388. The van der Waals surface area contributed by atoms with Crippen LogP contribution in [0.4, 0.5) is 5.69 Å². The summed E-state index contributed by atoms with van der Waals surface area (Å²) < 4.78 is 0. The van der Waals surface area contributed by atoms with Crippen LogP contribution < -0.4 is 16.4 Å². The van der Waals surface area contributed by atoms with E-state index >= 15 is 0 Å². The van der Waals surface area contributed by atoms with Crippen LogP contribution in [0.5, 0.6) is 0 Å². The molecule has 2 aliphatic heterocycles. The van der Waals surface area contributed by atoms with Gasteiger partial charge in [-0.05, 0) is 42.2 Å². The number of rotatable bonds is 7. The largest absolute Gasteiger partial charge is 0.381 e. The van der Waals surface area contributed by atoms with Crippen LogP contribution >= 0.6 is 0 Å². The summed E-state index contributed by atoms with van der Waals surface area (Å²) in [6, 6.07) is 7.45.